The van der Waals surface area contributed by atoms with E-state index in [1.807, 2.05) is 0 Å². The molecule has 19 heavy (non-hydrogen) atoms. The van der Waals surface area contributed by atoms with Gasteiger partial charge in [0.1, 0.15) is 0 Å². The van der Waals surface area contributed by atoms with Gasteiger partial charge in [0.25, 0.3) is 0 Å². The van der Waals surface area contributed by atoms with Gasteiger partial charge in [0.15, 0.2) is 0 Å². The standard InChI is InChI=1S/C17H28N2/c1-14(2)10-18-11-17-8-9-19(13-17)12-16-6-4-15(3)5-7-16/h4-7,14,17-18H,8-13H2,1-3H3. The average molecular weight is 260 g/mol. The van der Waals surface area contributed by atoms with E-state index in [-0.39, 0.29) is 0 Å². The maximum absolute atomic E-state index is 3.59. The average Bonchev–Trinajstić information content (AvgIpc) is 2.79. The van der Waals surface area contributed by atoms with Crippen LogP contribution in [0.3, 0.4) is 0 Å². The Balaban J connectivity index is 1.71. The number of hydrogen-bond donors (Lipinski definition) is 1. The Kier molecular flexibility index (Phi) is 5.41. The first-order chi connectivity index (χ1) is 9.13. The van der Waals surface area contributed by atoms with Crippen molar-refractivity contribution in [3.8, 4) is 0 Å². The minimum absolute atomic E-state index is 0.755. The predicted octanol–water partition coefficient (Wildman–Crippen LogP) is 3.06. The van der Waals surface area contributed by atoms with Crippen molar-refractivity contribution in [2.45, 2.75) is 33.7 Å². The van der Waals surface area contributed by atoms with E-state index in [1.165, 1.54) is 37.2 Å². The molecule has 2 nitrogen and oxygen atoms in total. The minimum atomic E-state index is 0.755. The number of benzene rings is 1. The molecule has 2 heteroatoms. The second-order valence-corrected chi connectivity index (χ2v) is 6.43. The van der Waals surface area contributed by atoms with Crippen LogP contribution in [0, 0.1) is 18.8 Å². The molecule has 1 saturated heterocycles. The van der Waals surface area contributed by atoms with Crippen LogP contribution in [0.5, 0.6) is 0 Å². The van der Waals surface area contributed by atoms with Crippen LogP contribution in [0.15, 0.2) is 24.3 Å². The first kappa shape index (κ1) is 14.5. The van der Waals surface area contributed by atoms with Crippen LogP contribution in [-0.2, 0) is 6.54 Å². The van der Waals surface area contributed by atoms with Gasteiger partial charge in [0.05, 0.1) is 0 Å². The Hall–Kier alpha value is -0.860. The van der Waals surface area contributed by atoms with E-state index in [9.17, 15) is 0 Å². The highest BCUT2D eigenvalue weighted by atomic mass is 15.1. The van der Waals surface area contributed by atoms with Crippen molar-refractivity contribution in [3.63, 3.8) is 0 Å². The molecule has 0 bridgehead atoms. The molecular weight excluding hydrogens is 232 g/mol. The molecule has 0 saturated carbocycles. The number of hydrogen-bond acceptors (Lipinski definition) is 2. The molecule has 1 aromatic rings. The summed E-state index contributed by atoms with van der Waals surface area (Å²) >= 11 is 0. The third-order valence-corrected chi connectivity index (χ3v) is 3.88. The number of likely N-dealkylation sites (tertiary alicyclic amines) is 1. The first-order valence-electron chi connectivity index (χ1n) is 7.62. The third-order valence-electron chi connectivity index (χ3n) is 3.88. The second kappa shape index (κ2) is 7.06. The van der Waals surface area contributed by atoms with E-state index in [1.54, 1.807) is 0 Å². The second-order valence-electron chi connectivity index (χ2n) is 6.43. The molecule has 0 spiro atoms. The molecular formula is C17H28N2. The fraction of sp³-hybridized carbons (Fsp3) is 0.647. The summed E-state index contributed by atoms with van der Waals surface area (Å²) in [6, 6.07) is 8.96. The zero-order chi connectivity index (χ0) is 13.7. The largest absolute Gasteiger partial charge is 0.316 e. The summed E-state index contributed by atoms with van der Waals surface area (Å²) in [4.78, 5) is 2.59. The van der Waals surface area contributed by atoms with E-state index in [0.29, 0.717) is 0 Å². The summed E-state index contributed by atoms with van der Waals surface area (Å²) in [6.07, 6.45) is 1.34. The highest BCUT2D eigenvalue weighted by molar-refractivity contribution is 5.21. The molecule has 1 N–H and O–H groups in total. The zero-order valence-electron chi connectivity index (χ0n) is 12.7. The van der Waals surface area contributed by atoms with Crippen molar-refractivity contribution in [1.82, 2.24) is 10.2 Å². The SMILES string of the molecule is Cc1ccc(CN2CCC(CNCC(C)C)C2)cc1. The van der Waals surface area contributed by atoms with Crippen molar-refractivity contribution >= 4 is 0 Å². The van der Waals surface area contributed by atoms with E-state index >= 15 is 0 Å². The number of nitrogens with zero attached hydrogens (tertiary/aromatic N) is 1. The molecule has 1 aliphatic rings. The molecule has 0 aromatic heterocycles. The molecule has 1 fully saturated rings. The lowest BCUT2D eigenvalue weighted by Crippen LogP contribution is -2.28. The summed E-state index contributed by atoms with van der Waals surface area (Å²) in [7, 11) is 0. The lowest BCUT2D eigenvalue weighted by atomic mass is 10.1. The van der Waals surface area contributed by atoms with Gasteiger partial charge in [-0.15, -0.1) is 0 Å². The van der Waals surface area contributed by atoms with Crippen LogP contribution in [0.25, 0.3) is 0 Å². The highest BCUT2D eigenvalue weighted by Crippen LogP contribution is 2.18. The van der Waals surface area contributed by atoms with E-state index in [2.05, 4.69) is 55.3 Å². The lowest BCUT2D eigenvalue weighted by molar-refractivity contribution is 0.313. The number of nitrogens with one attached hydrogen (secondary N) is 1. The van der Waals surface area contributed by atoms with Gasteiger partial charge < -0.3 is 5.32 Å². The Morgan fingerprint density at radius 1 is 1.26 bits per heavy atom. The van der Waals surface area contributed by atoms with Crippen molar-refractivity contribution in [3.05, 3.63) is 35.4 Å². The van der Waals surface area contributed by atoms with E-state index in [0.717, 1.165) is 24.9 Å². The molecule has 1 atom stereocenters. The number of aryl methyl sites for hydroxylation is 1. The first-order valence-corrected chi connectivity index (χ1v) is 7.62. The third kappa shape index (κ3) is 4.96. The van der Waals surface area contributed by atoms with Crippen molar-refractivity contribution in [2.24, 2.45) is 11.8 Å². The van der Waals surface area contributed by atoms with Crippen molar-refractivity contribution in [1.29, 1.82) is 0 Å². The molecule has 0 amide bonds. The van der Waals surface area contributed by atoms with Crippen molar-refractivity contribution < 1.29 is 0 Å². The van der Waals surface area contributed by atoms with Gasteiger partial charge in [-0.3, -0.25) is 4.90 Å². The normalized spacial score (nSPS) is 20.3. The molecule has 1 aromatic carbocycles. The topological polar surface area (TPSA) is 15.3 Å². The predicted molar refractivity (Wildman–Crippen MR) is 82.3 cm³/mol. The van der Waals surface area contributed by atoms with Crippen LogP contribution in [0.1, 0.15) is 31.4 Å². The Morgan fingerprint density at radius 3 is 2.68 bits per heavy atom. The van der Waals surface area contributed by atoms with Gasteiger partial charge in [-0.2, -0.15) is 0 Å². The van der Waals surface area contributed by atoms with Gasteiger partial charge in [-0.25, -0.2) is 0 Å². The van der Waals surface area contributed by atoms with Crippen molar-refractivity contribution in [2.75, 3.05) is 26.2 Å². The summed E-state index contributed by atoms with van der Waals surface area (Å²) in [6.45, 7) is 12.6. The van der Waals surface area contributed by atoms with Crippen LogP contribution in [0.4, 0.5) is 0 Å². The lowest BCUT2D eigenvalue weighted by Gasteiger charge is -2.17. The molecule has 106 valence electrons. The molecule has 2 rings (SSSR count). The Morgan fingerprint density at radius 2 is 2.00 bits per heavy atom. The van der Waals surface area contributed by atoms with Crippen LogP contribution in [-0.4, -0.2) is 31.1 Å². The van der Waals surface area contributed by atoms with Gasteiger partial charge in [-0.1, -0.05) is 43.7 Å². The molecule has 1 aliphatic heterocycles. The van der Waals surface area contributed by atoms with E-state index < -0.39 is 0 Å². The monoisotopic (exact) mass is 260 g/mol. The van der Waals surface area contributed by atoms with Crippen LogP contribution >= 0.6 is 0 Å². The number of rotatable bonds is 6. The molecule has 1 heterocycles. The zero-order valence-corrected chi connectivity index (χ0v) is 12.7. The summed E-state index contributed by atoms with van der Waals surface area (Å²) in [5.41, 5.74) is 2.79. The Bertz CT molecular complexity index is 369. The maximum atomic E-state index is 3.59. The molecule has 0 aliphatic carbocycles. The van der Waals surface area contributed by atoms with Crippen LogP contribution < -0.4 is 5.32 Å². The molecule has 1 unspecified atom stereocenters. The van der Waals surface area contributed by atoms with Crippen LogP contribution in [0.2, 0.25) is 0 Å². The Labute approximate surface area is 118 Å². The van der Waals surface area contributed by atoms with Gasteiger partial charge >= 0.3 is 0 Å². The van der Waals surface area contributed by atoms with Gasteiger partial charge in [0, 0.05) is 13.1 Å². The van der Waals surface area contributed by atoms with Gasteiger partial charge in [0.2, 0.25) is 0 Å². The minimum Gasteiger partial charge on any atom is -0.316 e. The summed E-state index contributed by atoms with van der Waals surface area (Å²) < 4.78 is 0. The maximum Gasteiger partial charge on any atom is 0.0233 e. The highest BCUT2D eigenvalue weighted by Gasteiger charge is 2.21. The fourth-order valence-electron chi connectivity index (χ4n) is 2.75. The summed E-state index contributed by atoms with van der Waals surface area (Å²) in [5, 5.41) is 3.59. The van der Waals surface area contributed by atoms with Gasteiger partial charge in [-0.05, 0) is 50.4 Å². The van der Waals surface area contributed by atoms with E-state index in [4.69, 9.17) is 0 Å². The molecule has 0 radical (unpaired) electrons. The smallest absolute Gasteiger partial charge is 0.0233 e. The quantitative estimate of drug-likeness (QED) is 0.845. The summed E-state index contributed by atoms with van der Waals surface area (Å²) in [5.74, 6) is 1.59. The fourth-order valence-corrected chi connectivity index (χ4v) is 2.75.